The average Bonchev–Trinajstić information content (AvgIpc) is 3.35. The van der Waals surface area contributed by atoms with E-state index in [0.29, 0.717) is 12.5 Å². The normalized spacial score (nSPS) is 21.8. The second-order valence-corrected chi connectivity index (χ2v) is 6.35. The van der Waals surface area contributed by atoms with Crippen LogP contribution in [0, 0.1) is 0 Å². The van der Waals surface area contributed by atoms with Crippen molar-refractivity contribution in [1.29, 1.82) is 0 Å². The summed E-state index contributed by atoms with van der Waals surface area (Å²) in [6.45, 7) is 2.07. The molecule has 0 aromatic carbocycles. The number of hydrogen-bond acceptors (Lipinski definition) is 3. The molecule has 0 radical (unpaired) electrons. The maximum absolute atomic E-state index is 10.4. The fourth-order valence-electron chi connectivity index (χ4n) is 2.46. The minimum Gasteiger partial charge on any atom is -0.481 e. The molecule has 0 saturated carbocycles. The first kappa shape index (κ1) is 22.1. The third-order valence-corrected chi connectivity index (χ3v) is 3.97. The lowest BCUT2D eigenvalue weighted by molar-refractivity contribution is -0.137. The fourth-order valence-corrected chi connectivity index (χ4v) is 2.46. The van der Waals surface area contributed by atoms with Crippen molar-refractivity contribution in [3.05, 3.63) is 60.8 Å². The topological polar surface area (TPSA) is 70.1 Å². The number of rotatable bonds is 14. The SMILES string of the molecule is CC/C=C\CC(O)/C=C/C=C\C=C\C=C\C1OC1CCCCCC(=O)O. The van der Waals surface area contributed by atoms with Gasteiger partial charge in [0, 0.05) is 6.42 Å². The van der Waals surface area contributed by atoms with Crippen LogP contribution in [0.25, 0.3) is 0 Å². The van der Waals surface area contributed by atoms with Crippen LogP contribution in [0.3, 0.4) is 0 Å². The Bertz CT molecular complexity index is 528. The Morgan fingerprint density at radius 2 is 1.77 bits per heavy atom. The Hall–Kier alpha value is -1.91. The number of allylic oxidation sites excluding steroid dienone is 7. The molecule has 1 fully saturated rings. The first-order chi connectivity index (χ1) is 12.6. The highest BCUT2D eigenvalue weighted by atomic mass is 16.6. The Labute approximate surface area is 157 Å². The zero-order valence-corrected chi connectivity index (χ0v) is 15.7. The monoisotopic (exact) mass is 360 g/mol. The van der Waals surface area contributed by atoms with E-state index in [2.05, 4.69) is 13.0 Å². The van der Waals surface area contributed by atoms with Gasteiger partial charge in [-0.05, 0) is 25.7 Å². The van der Waals surface area contributed by atoms with E-state index in [-0.39, 0.29) is 12.5 Å². The van der Waals surface area contributed by atoms with Crippen molar-refractivity contribution >= 4 is 5.97 Å². The zero-order chi connectivity index (χ0) is 19.0. The van der Waals surface area contributed by atoms with Gasteiger partial charge in [0.2, 0.25) is 0 Å². The van der Waals surface area contributed by atoms with Gasteiger partial charge in [-0.25, -0.2) is 0 Å². The number of hydrogen-bond donors (Lipinski definition) is 2. The number of carbonyl (C=O) groups is 1. The summed E-state index contributed by atoms with van der Waals surface area (Å²) in [6, 6.07) is 0. The van der Waals surface area contributed by atoms with Crippen molar-refractivity contribution in [2.75, 3.05) is 0 Å². The third-order valence-electron chi connectivity index (χ3n) is 3.97. The molecule has 1 aliphatic heterocycles. The number of carboxylic acid groups (broad SMARTS) is 1. The van der Waals surface area contributed by atoms with Gasteiger partial charge in [-0.2, -0.15) is 0 Å². The van der Waals surface area contributed by atoms with Crippen LogP contribution in [0.5, 0.6) is 0 Å². The van der Waals surface area contributed by atoms with Crippen LogP contribution in [-0.2, 0) is 9.53 Å². The van der Waals surface area contributed by atoms with E-state index in [0.717, 1.165) is 32.1 Å². The molecule has 3 unspecified atom stereocenters. The molecule has 0 amide bonds. The predicted octanol–water partition coefficient (Wildman–Crippen LogP) is 4.73. The summed E-state index contributed by atoms with van der Waals surface area (Å²) < 4.78 is 5.56. The predicted molar refractivity (Wildman–Crippen MR) is 106 cm³/mol. The van der Waals surface area contributed by atoms with E-state index in [4.69, 9.17) is 9.84 Å². The van der Waals surface area contributed by atoms with E-state index in [1.54, 1.807) is 6.08 Å². The van der Waals surface area contributed by atoms with E-state index in [1.807, 2.05) is 48.6 Å². The largest absolute Gasteiger partial charge is 0.481 e. The molecule has 4 nitrogen and oxygen atoms in total. The Morgan fingerprint density at radius 3 is 2.50 bits per heavy atom. The standard InChI is InChI=1S/C22H32O4/c1-2-3-9-14-19(23)15-10-6-4-5-7-11-16-20-21(26-20)17-12-8-13-18-22(24)25/h3-7,9-11,15-16,19-21,23H,2,8,12-14,17-18H2,1H3,(H,24,25)/b6-4-,7-5+,9-3-,15-10+,16-11+. The first-order valence-corrected chi connectivity index (χ1v) is 9.52. The zero-order valence-electron chi connectivity index (χ0n) is 15.7. The quantitative estimate of drug-likeness (QED) is 0.203. The molecule has 0 aromatic rings. The summed E-state index contributed by atoms with van der Waals surface area (Å²) in [4.78, 5) is 10.4. The average molecular weight is 360 g/mol. The molecular formula is C22H32O4. The Balaban J connectivity index is 2.06. The Kier molecular flexibility index (Phi) is 12.2. The molecule has 0 aromatic heterocycles. The Morgan fingerprint density at radius 1 is 1.04 bits per heavy atom. The van der Waals surface area contributed by atoms with Crippen LogP contribution < -0.4 is 0 Å². The van der Waals surface area contributed by atoms with Gasteiger partial charge in [0.1, 0.15) is 6.10 Å². The molecule has 0 bridgehead atoms. The van der Waals surface area contributed by atoms with Crippen LogP contribution in [0.1, 0.15) is 51.9 Å². The molecule has 3 atom stereocenters. The van der Waals surface area contributed by atoms with Gasteiger partial charge < -0.3 is 14.9 Å². The molecule has 144 valence electrons. The highest BCUT2D eigenvalue weighted by molar-refractivity contribution is 5.66. The maximum Gasteiger partial charge on any atom is 0.303 e. The number of unbranched alkanes of at least 4 members (excludes halogenated alkanes) is 2. The molecule has 1 aliphatic rings. The molecule has 26 heavy (non-hydrogen) atoms. The van der Waals surface area contributed by atoms with Crippen molar-refractivity contribution in [3.8, 4) is 0 Å². The lowest BCUT2D eigenvalue weighted by atomic mass is 10.1. The minimum absolute atomic E-state index is 0.203. The van der Waals surface area contributed by atoms with Crippen molar-refractivity contribution in [2.24, 2.45) is 0 Å². The van der Waals surface area contributed by atoms with Gasteiger partial charge in [0.05, 0.1) is 12.2 Å². The molecule has 1 heterocycles. The summed E-state index contributed by atoms with van der Waals surface area (Å²) in [5, 5.41) is 18.3. The number of aliphatic hydroxyl groups excluding tert-OH is 1. The minimum atomic E-state index is -0.717. The van der Waals surface area contributed by atoms with Gasteiger partial charge in [-0.15, -0.1) is 0 Å². The van der Waals surface area contributed by atoms with Crippen LogP contribution in [0.15, 0.2) is 60.8 Å². The number of carboxylic acids is 1. The van der Waals surface area contributed by atoms with Gasteiger partial charge >= 0.3 is 5.97 Å². The lowest BCUT2D eigenvalue weighted by Gasteiger charge is -1.98. The number of aliphatic carboxylic acids is 1. The first-order valence-electron chi connectivity index (χ1n) is 9.52. The molecule has 1 rings (SSSR count). The highest BCUT2D eigenvalue weighted by Crippen LogP contribution is 2.28. The molecule has 4 heteroatoms. The molecule has 0 spiro atoms. The lowest BCUT2D eigenvalue weighted by Crippen LogP contribution is -1.98. The highest BCUT2D eigenvalue weighted by Gasteiger charge is 2.35. The van der Waals surface area contributed by atoms with Crippen molar-refractivity contribution in [2.45, 2.75) is 70.2 Å². The fraction of sp³-hybridized carbons (Fsp3) is 0.500. The summed E-state index contributed by atoms with van der Waals surface area (Å²) in [5.41, 5.74) is 0. The van der Waals surface area contributed by atoms with Crippen molar-refractivity contribution in [3.63, 3.8) is 0 Å². The van der Waals surface area contributed by atoms with Crippen LogP contribution in [-0.4, -0.2) is 34.5 Å². The summed E-state index contributed by atoms with van der Waals surface area (Å²) in [7, 11) is 0. The number of ether oxygens (including phenoxy) is 1. The van der Waals surface area contributed by atoms with E-state index in [1.165, 1.54) is 0 Å². The van der Waals surface area contributed by atoms with Gasteiger partial charge in [-0.3, -0.25) is 4.79 Å². The van der Waals surface area contributed by atoms with Crippen molar-refractivity contribution in [1.82, 2.24) is 0 Å². The second-order valence-electron chi connectivity index (χ2n) is 6.35. The van der Waals surface area contributed by atoms with Gasteiger partial charge in [-0.1, -0.05) is 80.5 Å². The smallest absolute Gasteiger partial charge is 0.303 e. The van der Waals surface area contributed by atoms with E-state index >= 15 is 0 Å². The second kappa shape index (κ2) is 14.3. The number of aliphatic hydroxyl groups is 1. The molecule has 2 N–H and O–H groups in total. The van der Waals surface area contributed by atoms with E-state index in [9.17, 15) is 9.90 Å². The van der Waals surface area contributed by atoms with Gasteiger partial charge in [0.15, 0.2) is 0 Å². The molecular weight excluding hydrogens is 328 g/mol. The van der Waals surface area contributed by atoms with Crippen LogP contribution in [0.4, 0.5) is 0 Å². The van der Waals surface area contributed by atoms with Crippen LogP contribution in [0.2, 0.25) is 0 Å². The van der Waals surface area contributed by atoms with Gasteiger partial charge in [0.25, 0.3) is 0 Å². The van der Waals surface area contributed by atoms with Crippen molar-refractivity contribution < 1.29 is 19.7 Å². The maximum atomic E-state index is 10.4. The summed E-state index contributed by atoms with van der Waals surface area (Å²) in [6.07, 6.45) is 25.1. The summed E-state index contributed by atoms with van der Waals surface area (Å²) in [5.74, 6) is -0.717. The molecule has 0 aliphatic carbocycles. The van der Waals surface area contributed by atoms with E-state index < -0.39 is 12.1 Å². The third kappa shape index (κ3) is 12.5. The van der Waals surface area contributed by atoms with Crippen LogP contribution >= 0.6 is 0 Å². The summed E-state index contributed by atoms with van der Waals surface area (Å²) >= 11 is 0. The number of epoxide rings is 1. The molecule has 1 saturated heterocycles.